The van der Waals surface area contributed by atoms with Crippen LogP contribution in [0.15, 0.2) is 23.4 Å². The Balaban J connectivity index is 2.11. The van der Waals surface area contributed by atoms with Crippen molar-refractivity contribution in [1.82, 2.24) is 4.90 Å². The van der Waals surface area contributed by atoms with Crippen LogP contribution in [0.1, 0.15) is 37.8 Å². The lowest BCUT2D eigenvalue weighted by atomic mass is 10.1. The quantitative estimate of drug-likeness (QED) is 0.367. The standard InChI is InChI=1S/C15H22ClN3O/c1-10(2)19(8-11-3-4-11)9-13-6-5-12(7-14(13)16)15(17)18-20/h5-7,10-11,20H,3-4,8-9H2,1-2H3,(H2,17,18). The highest BCUT2D eigenvalue weighted by Gasteiger charge is 2.25. The van der Waals surface area contributed by atoms with Gasteiger partial charge >= 0.3 is 0 Å². The van der Waals surface area contributed by atoms with Crippen molar-refractivity contribution < 1.29 is 5.21 Å². The molecule has 1 saturated carbocycles. The number of benzene rings is 1. The molecule has 1 aliphatic rings. The minimum Gasteiger partial charge on any atom is -0.409 e. The lowest BCUT2D eigenvalue weighted by Crippen LogP contribution is -2.32. The van der Waals surface area contributed by atoms with Crippen LogP contribution in [0.3, 0.4) is 0 Å². The summed E-state index contributed by atoms with van der Waals surface area (Å²) in [6.45, 7) is 6.39. The molecule has 0 radical (unpaired) electrons. The number of amidine groups is 1. The molecule has 4 nitrogen and oxygen atoms in total. The first-order chi connectivity index (χ1) is 9.51. The van der Waals surface area contributed by atoms with Crippen molar-refractivity contribution in [2.75, 3.05) is 6.54 Å². The third kappa shape index (κ3) is 3.87. The Labute approximate surface area is 125 Å². The van der Waals surface area contributed by atoms with Gasteiger partial charge in [-0.25, -0.2) is 0 Å². The summed E-state index contributed by atoms with van der Waals surface area (Å²) < 4.78 is 0. The van der Waals surface area contributed by atoms with E-state index in [1.807, 2.05) is 12.1 Å². The topological polar surface area (TPSA) is 61.8 Å². The van der Waals surface area contributed by atoms with E-state index >= 15 is 0 Å². The summed E-state index contributed by atoms with van der Waals surface area (Å²) in [4.78, 5) is 2.45. The molecule has 0 unspecified atom stereocenters. The van der Waals surface area contributed by atoms with Crippen molar-refractivity contribution in [2.24, 2.45) is 16.8 Å². The van der Waals surface area contributed by atoms with Crippen molar-refractivity contribution in [3.8, 4) is 0 Å². The molecule has 1 aromatic carbocycles. The molecular weight excluding hydrogens is 274 g/mol. The second-order valence-electron chi connectivity index (χ2n) is 5.76. The second kappa shape index (κ2) is 6.46. The molecule has 110 valence electrons. The lowest BCUT2D eigenvalue weighted by molar-refractivity contribution is 0.204. The predicted octanol–water partition coefficient (Wildman–Crippen LogP) is 3.05. The second-order valence-corrected chi connectivity index (χ2v) is 6.17. The Morgan fingerprint density at radius 3 is 2.70 bits per heavy atom. The maximum Gasteiger partial charge on any atom is 0.170 e. The molecular formula is C15H22ClN3O. The zero-order chi connectivity index (χ0) is 14.7. The van der Waals surface area contributed by atoms with Gasteiger partial charge in [0.25, 0.3) is 0 Å². The molecule has 0 aromatic heterocycles. The molecule has 0 aliphatic heterocycles. The number of nitrogens with two attached hydrogens (primary N) is 1. The summed E-state index contributed by atoms with van der Waals surface area (Å²) in [6, 6.07) is 6.04. The van der Waals surface area contributed by atoms with Crippen LogP contribution in [0.5, 0.6) is 0 Å². The van der Waals surface area contributed by atoms with Gasteiger partial charge in [-0.1, -0.05) is 28.9 Å². The predicted molar refractivity (Wildman–Crippen MR) is 82.2 cm³/mol. The van der Waals surface area contributed by atoms with E-state index in [0.29, 0.717) is 16.6 Å². The smallest absolute Gasteiger partial charge is 0.170 e. The van der Waals surface area contributed by atoms with Gasteiger partial charge in [-0.05, 0) is 44.2 Å². The Kier molecular flexibility index (Phi) is 4.89. The van der Waals surface area contributed by atoms with E-state index in [0.717, 1.165) is 24.6 Å². The van der Waals surface area contributed by atoms with Gasteiger partial charge < -0.3 is 10.9 Å². The largest absolute Gasteiger partial charge is 0.409 e. The first-order valence-corrected chi connectivity index (χ1v) is 7.39. The van der Waals surface area contributed by atoms with E-state index in [1.54, 1.807) is 6.07 Å². The molecule has 0 saturated heterocycles. The van der Waals surface area contributed by atoms with Gasteiger partial charge in [0, 0.05) is 29.7 Å². The van der Waals surface area contributed by atoms with Gasteiger partial charge in [-0.2, -0.15) is 0 Å². The number of oxime groups is 1. The van der Waals surface area contributed by atoms with E-state index in [2.05, 4.69) is 23.9 Å². The number of hydrogen-bond acceptors (Lipinski definition) is 3. The molecule has 0 atom stereocenters. The fourth-order valence-electron chi connectivity index (χ4n) is 2.20. The van der Waals surface area contributed by atoms with E-state index in [9.17, 15) is 0 Å². The summed E-state index contributed by atoms with van der Waals surface area (Å²) in [5.41, 5.74) is 7.29. The third-order valence-electron chi connectivity index (χ3n) is 3.75. The molecule has 1 aliphatic carbocycles. The van der Waals surface area contributed by atoms with Crippen LogP contribution < -0.4 is 5.73 Å². The van der Waals surface area contributed by atoms with Crippen LogP contribution in [0, 0.1) is 5.92 Å². The van der Waals surface area contributed by atoms with Crippen LogP contribution in [0.4, 0.5) is 0 Å². The van der Waals surface area contributed by atoms with Crippen LogP contribution in [-0.2, 0) is 6.54 Å². The fraction of sp³-hybridized carbons (Fsp3) is 0.533. The molecule has 5 heteroatoms. The van der Waals surface area contributed by atoms with Crippen molar-refractivity contribution in [2.45, 2.75) is 39.3 Å². The molecule has 3 N–H and O–H groups in total. The first-order valence-electron chi connectivity index (χ1n) is 7.01. The summed E-state index contributed by atoms with van der Waals surface area (Å²) in [6.07, 6.45) is 2.69. The van der Waals surface area contributed by atoms with Crippen LogP contribution in [-0.4, -0.2) is 28.5 Å². The average molecular weight is 296 g/mol. The zero-order valence-electron chi connectivity index (χ0n) is 12.0. The summed E-state index contributed by atoms with van der Waals surface area (Å²) in [5.74, 6) is 0.935. The van der Waals surface area contributed by atoms with Crippen molar-refractivity contribution >= 4 is 17.4 Å². The molecule has 0 heterocycles. The highest BCUT2D eigenvalue weighted by molar-refractivity contribution is 6.31. The lowest BCUT2D eigenvalue weighted by Gasteiger charge is -2.27. The van der Waals surface area contributed by atoms with Gasteiger partial charge in [0.2, 0.25) is 0 Å². The maximum absolute atomic E-state index is 8.68. The molecule has 1 aromatic rings. The maximum atomic E-state index is 8.68. The Hall–Kier alpha value is -1.26. The van der Waals surface area contributed by atoms with Crippen molar-refractivity contribution in [3.05, 3.63) is 34.3 Å². The molecule has 2 rings (SSSR count). The normalized spacial score (nSPS) is 16.1. The third-order valence-corrected chi connectivity index (χ3v) is 4.10. The number of hydrogen-bond donors (Lipinski definition) is 2. The van der Waals surface area contributed by atoms with E-state index in [1.165, 1.54) is 12.8 Å². The van der Waals surface area contributed by atoms with Crippen LogP contribution in [0.2, 0.25) is 5.02 Å². The molecule has 1 fully saturated rings. The molecule has 20 heavy (non-hydrogen) atoms. The summed E-state index contributed by atoms with van der Waals surface area (Å²) in [5, 5.41) is 12.3. The number of rotatable bonds is 6. The van der Waals surface area contributed by atoms with Crippen molar-refractivity contribution in [3.63, 3.8) is 0 Å². The van der Waals surface area contributed by atoms with Gasteiger partial charge in [0.05, 0.1) is 0 Å². The first kappa shape index (κ1) is 15.1. The minimum atomic E-state index is 0.0807. The van der Waals surface area contributed by atoms with Gasteiger partial charge in [-0.15, -0.1) is 0 Å². The highest BCUT2D eigenvalue weighted by Crippen LogP contribution is 2.31. The van der Waals surface area contributed by atoms with Gasteiger partial charge in [0.15, 0.2) is 5.84 Å². The monoisotopic (exact) mass is 295 g/mol. The Morgan fingerprint density at radius 1 is 1.50 bits per heavy atom. The molecule has 0 spiro atoms. The summed E-state index contributed by atoms with van der Waals surface area (Å²) >= 11 is 6.31. The molecule has 0 amide bonds. The minimum absolute atomic E-state index is 0.0807. The van der Waals surface area contributed by atoms with Gasteiger partial charge in [0.1, 0.15) is 0 Å². The molecule has 0 bridgehead atoms. The number of halogens is 1. The Morgan fingerprint density at radius 2 is 2.20 bits per heavy atom. The van der Waals surface area contributed by atoms with E-state index in [-0.39, 0.29) is 5.84 Å². The average Bonchev–Trinajstić information content (AvgIpc) is 3.22. The van der Waals surface area contributed by atoms with Crippen molar-refractivity contribution in [1.29, 1.82) is 0 Å². The van der Waals surface area contributed by atoms with E-state index < -0.39 is 0 Å². The number of nitrogens with zero attached hydrogens (tertiary/aromatic N) is 2. The van der Waals surface area contributed by atoms with Gasteiger partial charge in [-0.3, -0.25) is 4.90 Å². The summed E-state index contributed by atoms with van der Waals surface area (Å²) in [7, 11) is 0. The Bertz CT molecular complexity index is 498. The fourth-order valence-corrected chi connectivity index (χ4v) is 2.44. The zero-order valence-corrected chi connectivity index (χ0v) is 12.8. The highest BCUT2D eigenvalue weighted by atomic mass is 35.5. The SMILES string of the molecule is CC(C)N(Cc1ccc(/C(N)=N/O)cc1Cl)CC1CC1. The van der Waals surface area contributed by atoms with Crippen LogP contribution >= 0.6 is 11.6 Å². The van der Waals surface area contributed by atoms with E-state index in [4.69, 9.17) is 22.5 Å². The van der Waals surface area contributed by atoms with Crippen LogP contribution in [0.25, 0.3) is 0 Å².